The van der Waals surface area contributed by atoms with Gasteiger partial charge >= 0.3 is 0 Å². The monoisotopic (exact) mass is 290 g/mol. The molecule has 1 fully saturated rings. The first-order valence-electron chi connectivity index (χ1n) is 8.14. The van der Waals surface area contributed by atoms with Crippen LogP contribution in [0, 0.1) is 6.92 Å². The van der Waals surface area contributed by atoms with Crippen LogP contribution in [-0.4, -0.2) is 29.1 Å². The maximum absolute atomic E-state index is 4.96. The summed E-state index contributed by atoms with van der Waals surface area (Å²) in [6, 6.07) is 1.16. The van der Waals surface area contributed by atoms with E-state index in [0.717, 1.165) is 23.0 Å². The van der Waals surface area contributed by atoms with E-state index in [9.17, 15) is 0 Å². The van der Waals surface area contributed by atoms with Crippen molar-refractivity contribution in [1.29, 1.82) is 0 Å². The summed E-state index contributed by atoms with van der Waals surface area (Å²) in [5, 5.41) is 3.24. The van der Waals surface area contributed by atoms with E-state index in [-0.39, 0.29) is 5.41 Å². The van der Waals surface area contributed by atoms with E-state index in [1.165, 1.54) is 19.3 Å². The van der Waals surface area contributed by atoms with Crippen molar-refractivity contribution >= 4 is 11.6 Å². The molecule has 0 aromatic carbocycles. The molecule has 118 valence electrons. The van der Waals surface area contributed by atoms with Crippen molar-refractivity contribution in [2.75, 3.05) is 17.3 Å². The van der Waals surface area contributed by atoms with E-state index >= 15 is 0 Å². The van der Waals surface area contributed by atoms with Gasteiger partial charge in [-0.15, -0.1) is 0 Å². The lowest BCUT2D eigenvalue weighted by Gasteiger charge is -2.32. The maximum Gasteiger partial charge on any atom is 0.138 e. The van der Waals surface area contributed by atoms with Gasteiger partial charge in [-0.1, -0.05) is 27.7 Å². The van der Waals surface area contributed by atoms with Crippen LogP contribution in [0.4, 0.5) is 11.6 Å². The van der Waals surface area contributed by atoms with E-state index in [1.54, 1.807) is 0 Å². The molecule has 1 aliphatic heterocycles. The lowest BCUT2D eigenvalue weighted by Crippen LogP contribution is -2.36. The Hall–Kier alpha value is -1.32. The molecular weight excluding hydrogens is 260 g/mol. The molecule has 1 N–H and O–H groups in total. The number of anilines is 2. The van der Waals surface area contributed by atoms with E-state index in [2.05, 4.69) is 51.8 Å². The minimum Gasteiger partial charge on any atom is -0.373 e. The van der Waals surface area contributed by atoms with Crippen LogP contribution in [0.2, 0.25) is 0 Å². The Morgan fingerprint density at radius 2 is 1.90 bits per heavy atom. The van der Waals surface area contributed by atoms with Gasteiger partial charge in [0.1, 0.15) is 17.5 Å². The third kappa shape index (κ3) is 2.99. The summed E-state index contributed by atoms with van der Waals surface area (Å²) in [4.78, 5) is 12.2. The van der Waals surface area contributed by atoms with E-state index in [0.29, 0.717) is 12.1 Å². The Kier molecular flexibility index (Phi) is 4.45. The highest BCUT2D eigenvalue weighted by molar-refractivity contribution is 5.60. The molecule has 2 atom stereocenters. The average molecular weight is 290 g/mol. The van der Waals surface area contributed by atoms with Crippen LogP contribution in [0.25, 0.3) is 0 Å². The van der Waals surface area contributed by atoms with Gasteiger partial charge in [-0.3, -0.25) is 0 Å². The van der Waals surface area contributed by atoms with Gasteiger partial charge in [0, 0.05) is 30.1 Å². The molecule has 1 aliphatic rings. The maximum atomic E-state index is 4.96. The number of aromatic nitrogens is 2. The lowest BCUT2D eigenvalue weighted by atomic mass is 9.95. The van der Waals surface area contributed by atoms with Crippen LogP contribution < -0.4 is 10.2 Å². The predicted molar refractivity (Wildman–Crippen MR) is 90.3 cm³/mol. The minimum absolute atomic E-state index is 0.0429. The summed E-state index contributed by atoms with van der Waals surface area (Å²) in [7, 11) is 1.94. The largest absolute Gasteiger partial charge is 0.373 e. The highest BCUT2D eigenvalue weighted by Gasteiger charge is 2.33. The number of hydrogen-bond acceptors (Lipinski definition) is 4. The molecular formula is C17H30N4. The van der Waals surface area contributed by atoms with Gasteiger partial charge in [-0.2, -0.15) is 0 Å². The fourth-order valence-corrected chi connectivity index (χ4v) is 3.19. The van der Waals surface area contributed by atoms with Gasteiger partial charge in [0.05, 0.1) is 0 Å². The molecule has 0 amide bonds. The second-order valence-corrected chi connectivity index (χ2v) is 7.24. The smallest absolute Gasteiger partial charge is 0.138 e. The van der Waals surface area contributed by atoms with Gasteiger partial charge in [-0.25, -0.2) is 9.97 Å². The third-order valence-electron chi connectivity index (χ3n) is 4.53. The number of hydrogen-bond donors (Lipinski definition) is 1. The topological polar surface area (TPSA) is 41.1 Å². The first kappa shape index (κ1) is 16.1. The van der Waals surface area contributed by atoms with Crippen molar-refractivity contribution in [3.8, 4) is 0 Å². The van der Waals surface area contributed by atoms with Gasteiger partial charge in [0.15, 0.2) is 0 Å². The van der Waals surface area contributed by atoms with Crippen molar-refractivity contribution < 1.29 is 0 Å². The zero-order chi connectivity index (χ0) is 15.8. The van der Waals surface area contributed by atoms with Crippen molar-refractivity contribution in [1.82, 2.24) is 9.97 Å². The number of rotatable bonds is 3. The zero-order valence-electron chi connectivity index (χ0n) is 14.6. The Balaban J connectivity index is 2.56. The fraction of sp³-hybridized carbons (Fsp3) is 0.765. The van der Waals surface area contributed by atoms with Crippen molar-refractivity contribution in [2.24, 2.45) is 0 Å². The molecule has 0 spiro atoms. The van der Waals surface area contributed by atoms with Crippen molar-refractivity contribution in [3.63, 3.8) is 0 Å². The molecule has 0 radical (unpaired) electrons. The Morgan fingerprint density at radius 1 is 1.24 bits per heavy atom. The van der Waals surface area contributed by atoms with E-state index in [4.69, 9.17) is 9.97 Å². The molecule has 2 heterocycles. The van der Waals surface area contributed by atoms with Crippen molar-refractivity contribution in [3.05, 3.63) is 11.4 Å². The molecule has 0 saturated carbocycles. The number of nitrogens with one attached hydrogen (secondary N) is 1. The standard InChI is InChI=1S/C17H30N4/c1-8-13-10-9-11(2)21(13)15-12(3)14(18-7)19-16(20-15)17(4,5)6/h11,13H,8-10H2,1-7H3,(H,18,19,20). The summed E-state index contributed by atoms with van der Waals surface area (Å²) >= 11 is 0. The average Bonchev–Trinajstić information content (AvgIpc) is 2.79. The molecule has 0 bridgehead atoms. The predicted octanol–water partition coefficient (Wildman–Crippen LogP) is 3.89. The Bertz CT molecular complexity index is 504. The van der Waals surface area contributed by atoms with Gasteiger partial charge < -0.3 is 10.2 Å². The van der Waals surface area contributed by atoms with E-state index < -0.39 is 0 Å². The second kappa shape index (κ2) is 5.82. The van der Waals surface area contributed by atoms with E-state index in [1.807, 2.05) is 7.05 Å². The first-order chi connectivity index (χ1) is 9.79. The first-order valence-corrected chi connectivity index (χ1v) is 8.14. The van der Waals surface area contributed by atoms with Crippen LogP contribution in [0.3, 0.4) is 0 Å². The van der Waals surface area contributed by atoms with Gasteiger partial charge in [-0.05, 0) is 33.1 Å². The molecule has 0 aliphatic carbocycles. The van der Waals surface area contributed by atoms with Crippen LogP contribution in [-0.2, 0) is 5.41 Å². The molecule has 2 unspecified atom stereocenters. The fourth-order valence-electron chi connectivity index (χ4n) is 3.19. The van der Waals surface area contributed by atoms with Crippen LogP contribution >= 0.6 is 0 Å². The Morgan fingerprint density at radius 3 is 2.43 bits per heavy atom. The number of nitrogens with zero attached hydrogens (tertiary/aromatic N) is 3. The lowest BCUT2D eigenvalue weighted by molar-refractivity contribution is 0.539. The highest BCUT2D eigenvalue weighted by Crippen LogP contribution is 2.36. The molecule has 4 heteroatoms. The summed E-state index contributed by atoms with van der Waals surface area (Å²) < 4.78 is 0. The van der Waals surface area contributed by atoms with Crippen molar-refractivity contribution in [2.45, 2.75) is 78.3 Å². The quantitative estimate of drug-likeness (QED) is 0.917. The van der Waals surface area contributed by atoms with Crippen LogP contribution in [0.1, 0.15) is 65.3 Å². The SMILES string of the molecule is CCC1CCC(C)N1c1nc(C(C)(C)C)nc(NC)c1C. The van der Waals surface area contributed by atoms with Gasteiger partial charge in [0.2, 0.25) is 0 Å². The normalized spacial score (nSPS) is 22.7. The third-order valence-corrected chi connectivity index (χ3v) is 4.53. The molecule has 4 nitrogen and oxygen atoms in total. The van der Waals surface area contributed by atoms with Gasteiger partial charge in [0.25, 0.3) is 0 Å². The minimum atomic E-state index is -0.0429. The molecule has 2 rings (SSSR count). The van der Waals surface area contributed by atoms with Crippen LogP contribution in [0.15, 0.2) is 0 Å². The molecule has 1 saturated heterocycles. The summed E-state index contributed by atoms with van der Waals surface area (Å²) in [5.41, 5.74) is 1.12. The molecule has 1 aromatic rings. The molecule has 21 heavy (non-hydrogen) atoms. The van der Waals surface area contributed by atoms with Crippen LogP contribution in [0.5, 0.6) is 0 Å². The summed E-state index contributed by atoms with van der Waals surface area (Å²) in [6.45, 7) is 13.2. The summed E-state index contributed by atoms with van der Waals surface area (Å²) in [6.07, 6.45) is 3.69. The zero-order valence-corrected chi connectivity index (χ0v) is 14.6. The highest BCUT2D eigenvalue weighted by atomic mass is 15.3. The molecule has 1 aromatic heterocycles. The summed E-state index contributed by atoms with van der Waals surface area (Å²) in [5.74, 6) is 3.00. The Labute approximate surface area is 129 Å². The second-order valence-electron chi connectivity index (χ2n) is 7.24.